The third kappa shape index (κ3) is 4.40. The predicted octanol–water partition coefficient (Wildman–Crippen LogP) is 3.58. The zero-order valence-electron chi connectivity index (χ0n) is 15.9. The van der Waals surface area contributed by atoms with E-state index in [4.69, 9.17) is 0 Å². The van der Waals surface area contributed by atoms with Crippen molar-refractivity contribution in [3.05, 3.63) is 42.2 Å². The maximum absolute atomic E-state index is 12.3. The van der Waals surface area contributed by atoms with E-state index in [1.165, 1.54) is 5.56 Å². The third-order valence-electron chi connectivity index (χ3n) is 5.16. The van der Waals surface area contributed by atoms with Gasteiger partial charge in [-0.05, 0) is 39.2 Å². The summed E-state index contributed by atoms with van der Waals surface area (Å²) in [6.45, 7) is 7.93. The maximum atomic E-state index is 12.3. The van der Waals surface area contributed by atoms with Gasteiger partial charge in [0, 0.05) is 36.7 Å². The van der Waals surface area contributed by atoms with E-state index >= 15 is 0 Å². The summed E-state index contributed by atoms with van der Waals surface area (Å²) in [5.41, 5.74) is 3.27. The van der Waals surface area contributed by atoms with Gasteiger partial charge < -0.3 is 10.2 Å². The van der Waals surface area contributed by atoms with Crippen molar-refractivity contribution in [3.63, 3.8) is 0 Å². The Bertz CT molecular complexity index is 753. The van der Waals surface area contributed by atoms with Gasteiger partial charge in [-0.3, -0.25) is 4.79 Å². The van der Waals surface area contributed by atoms with Gasteiger partial charge in [0.2, 0.25) is 5.91 Å². The van der Waals surface area contributed by atoms with E-state index in [2.05, 4.69) is 59.2 Å². The zero-order valence-corrected chi connectivity index (χ0v) is 15.9. The summed E-state index contributed by atoms with van der Waals surface area (Å²) < 4.78 is 0. The molecule has 138 valence electrons. The fraction of sp³-hybridized carbons (Fsp3) is 0.476. The summed E-state index contributed by atoms with van der Waals surface area (Å²) in [6.07, 6.45) is 4.33. The molecule has 0 spiro atoms. The second kappa shape index (κ2) is 8.30. The number of rotatable bonds is 5. The zero-order chi connectivity index (χ0) is 18.5. The minimum atomic E-state index is 0.110. The number of carbonyl (C=O) groups excluding carboxylic acids is 1. The van der Waals surface area contributed by atoms with Gasteiger partial charge in [-0.1, -0.05) is 30.7 Å². The topological polar surface area (TPSA) is 58.1 Å². The summed E-state index contributed by atoms with van der Waals surface area (Å²) in [5.74, 6) is 1.25. The van der Waals surface area contributed by atoms with Crippen molar-refractivity contribution < 1.29 is 4.79 Å². The first-order valence-electron chi connectivity index (χ1n) is 9.51. The van der Waals surface area contributed by atoms with Crippen LogP contribution in [0.3, 0.4) is 0 Å². The summed E-state index contributed by atoms with van der Waals surface area (Å²) in [5, 5.41) is 3.11. The quantitative estimate of drug-likeness (QED) is 0.893. The van der Waals surface area contributed by atoms with Crippen LogP contribution in [0.1, 0.15) is 38.7 Å². The monoisotopic (exact) mass is 352 g/mol. The van der Waals surface area contributed by atoms with Gasteiger partial charge in [-0.2, -0.15) is 0 Å². The smallest absolute Gasteiger partial charge is 0.223 e. The van der Waals surface area contributed by atoms with Gasteiger partial charge in [-0.15, -0.1) is 0 Å². The van der Waals surface area contributed by atoms with Crippen LogP contribution >= 0.6 is 0 Å². The van der Waals surface area contributed by atoms with E-state index in [0.29, 0.717) is 0 Å². The molecule has 2 heterocycles. The molecule has 0 bridgehead atoms. The molecule has 0 radical (unpaired) electrons. The lowest BCUT2D eigenvalue weighted by Crippen LogP contribution is -2.43. The Balaban J connectivity index is 1.65. The highest BCUT2D eigenvalue weighted by Gasteiger charge is 2.26. The second-order valence-corrected chi connectivity index (χ2v) is 7.21. The van der Waals surface area contributed by atoms with Crippen molar-refractivity contribution >= 4 is 11.7 Å². The van der Waals surface area contributed by atoms with E-state index < -0.39 is 0 Å². The third-order valence-corrected chi connectivity index (χ3v) is 5.16. The summed E-state index contributed by atoms with van der Waals surface area (Å²) in [4.78, 5) is 23.5. The molecule has 1 aliphatic rings. The van der Waals surface area contributed by atoms with Gasteiger partial charge in [0.05, 0.1) is 5.69 Å². The molecule has 1 amide bonds. The first kappa shape index (κ1) is 18.4. The van der Waals surface area contributed by atoms with E-state index in [1.54, 1.807) is 6.33 Å². The maximum Gasteiger partial charge on any atom is 0.223 e. The van der Waals surface area contributed by atoms with Crippen molar-refractivity contribution in [1.29, 1.82) is 0 Å². The Morgan fingerprint density at radius 3 is 2.73 bits per heavy atom. The molecule has 5 nitrogen and oxygen atoms in total. The molecule has 1 saturated heterocycles. The molecule has 0 saturated carbocycles. The Morgan fingerprint density at radius 2 is 2.04 bits per heavy atom. The van der Waals surface area contributed by atoms with Crippen molar-refractivity contribution in [3.8, 4) is 11.3 Å². The number of anilines is 1. The van der Waals surface area contributed by atoms with Gasteiger partial charge in [0.1, 0.15) is 12.1 Å². The number of nitrogens with zero attached hydrogens (tertiary/aromatic N) is 3. The number of hydrogen-bond acceptors (Lipinski definition) is 4. The second-order valence-electron chi connectivity index (χ2n) is 7.21. The molecule has 1 fully saturated rings. The molecular weight excluding hydrogens is 324 g/mol. The van der Waals surface area contributed by atoms with E-state index in [9.17, 15) is 4.79 Å². The van der Waals surface area contributed by atoms with Crippen LogP contribution in [0.25, 0.3) is 11.3 Å². The molecule has 1 aliphatic heterocycles. The fourth-order valence-electron chi connectivity index (χ4n) is 3.32. The molecular formula is C21H28N4O. The lowest BCUT2D eigenvalue weighted by molar-refractivity contribution is -0.126. The minimum Gasteiger partial charge on any atom is -0.356 e. The molecule has 1 aromatic carbocycles. The van der Waals surface area contributed by atoms with Crippen molar-refractivity contribution in [2.75, 3.05) is 18.0 Å². The van der Waals surface area contributed by atoms with Crippen LogP contribution in [0.15, 0.2) is 36.7 Å². The van der Waals surface area contributed by atoms with E-state index in [-0.39, 0.29) is 17.9 Å². The summed E-state index contributed by atoms with van der Waals surface area (Å²) >= 11 is 0. The van der Waals surface area contributed by atoms with Crippen LogP contribution in [-0.2, 0) is 4.79 Å². The highest BCUT2D eigenvalue weighted by molar-refractivity contribution is 5.79. The predicted molar refractivity (Wildman–Crippen MR) is 105 cm³/mol. The largest absolute Gasteiger partial charge is 0.356 e. The average molecular weight is 352 g/mol. The summed E-state index contributed by atoms with van der Waals surface area (Å²) in [7, 11) is 0. The average Bonchev–Trinajstić information content (AvgIpc) is 2.68. The van der Waals surface area contributed by atoms with Gasteiger partial charge in [-0.25, -0.2) is 9.97 Å². The summed E-state index contributed by atoms with van der Waals surface area (Å²) in [6, 6.07) is 10.6. The highest BCUT2D eigenvalue weighted by Crippen LogP contribution is 2.25. The van der Waals surface area contributed by atoms with Gasteiger partial charge in [0.15, 0.2) is 0 Å². The highest BCUT2D eigenvalue weighted by atomic mass is 16.1. The van der Waals surface area contributed by atoms with Crippen molar-refractivity contribution in [1.82, 2.24) is 15.3 Å². The molecule has 5 heteroatoms. The van der Waals surface area contributed by atoms with Crippen LogP contribution in [-0.4, -0.2) is 35.0 Å². The van der Waals surface area contributed by atoms with E-state index in [0.717, 1.165) is 49.4 Å². The standard InChI is InChI=1S/C21H28N4O/c1-4-16(3)24-21(26)17-8-10-25(11-9-17)20-13-19(22-14-23-20)18-7-5-6-15(2)12-18/h5-7,12-14,16-17H,4,8-11H2,1-3H3,(H,24,26). The normalized spacial score (nSPS) is 16.3. The molecule has 3 rings (SSSR count). The number of hydrogen-bond donors (Lipinski definition) is 1. The fourth-order valence-corrected chi connectivity index (χ4v) is 3.32. The van der Waals surface area contributed by atoms with Gasteiger partial charge in [0.25, 0.3) is 0 Å². The number of aryl methyl sites for hydroxylation is 1. The number of carbonyl (C=O) groups is 1. The van der Waals surface area contributed by atoms with Crippen molar-refractivity contribution in [2.45, 2.75) is 46.1 Å². The van der Waals surface area contributed by atoms with Crippen LogP contribution in [0, 0.1) is 12.8 Å². The first-order chi connectivity index (χ1) is 12.6. The van der Waals surface area contributed by atoms with Crippen LogP contribution in [0.4, 0.5) is 5.82 Å². The van der Waals surface area contributed by atoms with Gasteiger partial charge >= 0.3 is 0 Å². The molecule has 2 aromatic rings. The van der Waals surface area contributed by atoms with Crippen LogP contribution in [0.2, 0.25) is 0 Å². The number of nitrogens with one attached hydrogen (secondary N) is 1. The lowest BCUT2D eigenvalue weighted by Gasteiger charge is -2.32. The number of amides is 1. The number of benzene rings is 1. The lowest BCUT2D eigenvalue weighted by atomic mass is 9.95. The SMILES string of the molecule is CCC(C)NC(=O)C1CCN(c2cc(-c3cccc(C)c3)ncn2)CC1. The molecule has 1 unspecified atom stereocenters. The first-order valence-corrected chi connectivity index (χ1v) is 9.51. The Labute approximate surface area is 155 Å². The Morgan fingerprint density at radius 1 is 1.27 bits per heavy atom. The van der Waals surface area contributed by atoms with Crippen LogP contribution in [0.5, 0.6) is 0 Å². The molecule has 1 N–H and O–H groups in total. The number of piperidine rings is 1. The van der Waals surface area contributed by atoms with Crippen LogP contribution < -0.4 is 10.2 Å². The van der Waals surface area contributed by atoms with Crippen molar-refractivity contribution in [2.24, 2.45) is 5.92 Å². The minimum absolute atomic E-state index is 0.110. The molecule has 0 aliphatic carbocycles. The molecule has 26 heavy (non-hydrogen) atoms. The Kier molecular flexibility index (Phi) is 5.86. The van der Waals surface area contributed by atoms with E-state index in [1.807, 2.05) is 12.1 Å². The molecule has 1 atom stereocenters. The molecule has 1 aromatic heterocycles. The number of aromatic nitrogens is 2. The Hall–Kier alpha value is -2.43.